The molecule has 0 radical (unpaired) electrons. The van der Waals surface area contributed by atoms with Crippen LogP contribution in [0.15, 0.2) is 59.5 Å². The van der Waals surface area contributed by atoms with Gasteiger partial charge in [0.15, 0.2) is 0 Å². The first kappa shape index (κ1) is 16.2. The lowest BCUT2D eigenvalue weighted by atomic mass is 10.0. The molecule has 0 aromatic heterocycles. The highest BCUT2D eigenvalue weighted by atomic mass is 32.2. The van der Waals surface area contributed by atoms with Crippen LogP contribution in [0.1, 0.15) is 43.4 Å². The predicted octanol–water partition coefficient (Wildman–Crippen LogP) is 4.07. The minimum Gasteiger partial charge on any atom is -0.207 e. The zero-order valence-electron chi connectivity index (χ0n) is 13.4. The summed E-state index contributed by atoms with van der Waals surface area (Å²) in [7, 11) is -3.49. The second kappa shape index (κ2) is 6.85. The first-order valence-corrected chi connectivity index (χ1v) is 9.74. The summed E-state index contributed by atoms with van der Waals surface area (Å²) < 4.78 is 28.3. The first-order chi connectivity index (χ1) is 11.1. The number of benzene rings is 2. The summed E-state index contributed by atoms with van der Waals surface area (Å²) in [6.07, 6.45) is 4.19. The summed E-state index contributed by atoms with van der Waals surface area (Å²) in [4.78, 5) is 0.346. The largest absolute Gasteiger partial charge is 0.241 e. The van der Waals surface area contributed by atoms with Crippen LogP contribution in [-0.2, 0) is 16.4 Å². The van der Waals surface area contributed by atoms with Gasteiger partial charge in [-0.05, 0) is 48.4 Å². The highest BCUT2D eigenvalue weighted by Crippen LogP contribution is 2.41. The number of sulfonamides is 1. The highest BCUT2D eigenvalue weighted by Gasteiger charge is 2.35. The van der Waals surface area contributed by atoms with Crippen molar-refractivity contribution in [3.8, 4) is 0 Å². The van der Waals surface area contributed by atoms with E-state index in [0.29, 0.717) is 10.8 Å². The van der Waals surface area contributed by atoms with Gasteiger partial charge in [-0.15, -0.1) is 0 Å². The second-order valence-electron chi connectivity index (χ2n) is 6.24. The van der Waals surface area contributed by atoms with E-state index in [-0.39, 0.29) is 6.04 Å². The molecule has 1 N–H and O–H groups in total. The fraction of sp³-hybridized carbons (Fsp3) is 0.368. The molecule has 1 saturated carbocycles. The maximum Gasteiger partial charge on any atom is 0.241 e. The first-order valence-electron chi connectivity index (χ1n) is 8.26. The van der Waals surface area contributed by atoms with E-state index < -0.39 is 10.0 Å². The summed E-state index contributed by atoms with van der Waals surface area (Å²) in [6, 6.07) is 17.0. The van der Waals surface area contributed by atoms with Crippen molar-refractivity contribution in [3.05, 3.63) is 65.7 Å². The quantitative estimate of drug-likeness (QED) is 0.832. The van der Waals surface area contributed by atoms with Crippen LogP contribution >= 0.6 is 0 Å². The maximum absolute atomic E-state index is 12.7. The third-order valence-corrected chi connectivity index (χ3v) is 5.76. The van der Waals surface area contributed by atoms with Gasteiger partial charge in [0.2, 0.25) is 10.0 Å². The monoisotopic (exact) mass is 329 g/mol. The Kier molecular flexibility index (Phi) is 4.83. The van der Waals surface area contributed by atoms with Crippen LogP contribution in [-0.4, -0.2) is 8.42 Å². The molecule has 4 heteroatoms. The minimum atomic E-state index is -3.49. The van der Waals surface area contributed by atoms with Gasteiger partial charge in [-0.2, -0.15) is 0 Å². The summed E-state index contributed by atoms with van der Waals surface area (Å²) in [5.41, 5.74) is 2.22. The zero-order chi connectivity index (χ0) is 16.3. The van der Waals surface area contributed by atoms with Crippen LogP contribution in [0, 0.1) is 5.92 Å². The molecule has 1 aliphatic rings. The molecule has 0 bridgehead atoms. The van der Waals surface area contributed by atoms with Crippen molar-refractivity contribution in [3.63, 3.8) is 0 Å². The summed E-state index contributed by atoms with van der Waals surface area (Å²) in [5.74, 6) is 0.409. The number of hydrogen-bond acceptors (Lipinski definition) is 2. The standard InChI is InChI=1S/C19H23NO2S/c1-2-6-15-9-13-18(14-10-15)23(21,22)20-19(17-11-12-17)16-7-4-3-5-8-16/h3-5,7-10,13-14,17,19-20H,2,6,11-12H2,1H3. The van der Waals surface area contributed by atoms with Gasteiger partial charge >= 0.3 is 0 Å². The number of nitrogens with one attached hydrogen (secondary N) is 1. The fourth-order valence-corrected chi connectivity index (χ4v) is 4.18. The maximum atomic E-state index is 12.7. The predicted molar refractivity (Wildman–Crippen MR) is 92.7 cm³/mol. The zero-order valence-corrected chi connectivity index (χ0v) is 14.2. The van der Waals surface area contributed by atoms with Crippen LogP contribution in [0.3, 0.4) is 0 Å². The van der Waals surface area contributed by atoms with Gasteiger partial charge in [0.05, 0.1) is 4.90 Å². The smallest absolute Gasteiger partial charge is 0.207 e. The molecule has 2 aromatic carbocycles. The third kappa shape index (κ3) is 4.01. The molecule has 1 unspecified atom stereocenters. The lowest BCUT2D eigenvalue weighted by molar-refractivity contribution is 0.529. The van der Waals surface area contributed by atoms with Gasteiger partial charge in [-0.3, -0.25) is 0 Å². The number of rotatable bonds is 7. The molecule has 1 fully saturated rings. The Morgan fingerprint density at radius 3 is 2.26 bits per heavy atom. The van der Waals surface area contributed by atoms with E-state index in [2.05, 4.69) is 11.6 Å². The topological polar surface area (TPSA) is 46.2 Å². The molecule has 0 saturated heterocycles. The molecule has 0 amide bonds. The SMILES string of the molecule is CCCc1ccc(S(=O)(=O)NC(c2ccccc2)C2CC2)cc1. The van der Waals surface area contributed by atoms with E-state index in [1.807, 2.05) is 42.5 Å². The fourth-order valence-electron chi connectivity index (χ4n) is 2.89. The van der Waals surface area contributed by atoms with Gasteiger partial charge in [-0.25, -0.2) is 13.1 Å². The molecule has 3 rings (SSSR count). The summed E-state index contributed by atoms with van der Waals surface area (Å²) >= 11 is 0. The molecule has 1 atom stereocenters. The summed E-state index contributed by atoms with van der Waals surface area (Å²) in [5, 5.41) is 0. The molecule has 1 aliphatic carbocycles. The Morgan fingerprint density at radius 1 is 1.04 bits per heavy atom. The summed E-state index contributed by atoms with van der Waals surface area (Å²) in [6.45, 7) is 2.12. The van der Waals surface area contributed by atoms with E-state index in [4.69, 9.17) is 0 Å². The van der Waals surface area contributed by atoms with Crippen LogP contribution < -0.4 is 4.72 Å². The number of hydrogen-bond donors (Lipinski definition) is 1. The van der Waals surface area contributed by atoms with Crippen molar-refractivity contribution in [1.29, 1.82) is 0 Å². The molecule has 0 heterocycles. The van der Waals surface area contributed by atoms with Crippen LogP contribution in [0.4, 0.5) is 0 Å². The molecule has 0 aliphatic heterocycles. The Balaban J connectivity index is 1.81. The molecule has 2 aromatic rings. The molecule has 3 nitrogen and oxygen atoms in total. The molecular formula is C19H23NO2S. The Hall–Kier alpha value is -1.65. The molecule has 23 heavy (non-hydrogen) atoms. The molecule has 0 spiro atoms. The van der Waals surface area contributed by atoms with Crippen molar-refractivity contribution in [2.45, 2.75) is 43.5 Å². The molecular weight excluding hydrogens is 306 g/mol. The van der Waals surface area contributed by atoms with Crippen molar-refractivity contribution in [2.24, 2.45) is 5.92 Å². The van der Waals surface area contributed by atoms with Crippen LogP contribution in [0.5, 0.6) is 0 Å². The van der Waals surface area contributed by atoms with Gasteiger partial charge in [0.1, 0.15) is 0 Å². The number of aryl methyl sites for hydroxylation is 1. The third-order valence-electron chi connectivity index (χ3n) is 4.31. The van der Waals surface area contributed by atoms with Crippen molar-refractivity contribution < 1.29 is 8.42 Å². The average molecular weight is 329 g/mol. The van der Waals surface area contributed by atoms with E-state index in [0.717, 1.165) is 31.2 Å². The van der Waals surface area contributed by atoms with E-state index in [9.17, 15) is 8.42 Å². The second-order valence-corrected chi connectivity index (χ2v) is 7.96. The lowest BCUT2D eigenvalue weighted by Crippen LogP contribution is -2.30. The van der Waals surface area contributed by atoms with Gasteiger partial charge in [-0.1, -0.05) is 55.8 Å². The highest BCUT2D eigenvalue weighted by molar-refractivity contribution is 7.89. The van der Waals surface area contributed by atoms with E-state index >= 15 is 0 Å². The van der Waals surface area contributed by atoms with Crippen molar-refractivity contribution >= 4 is 10.0 Å². The van der Waals surface area contributed by atoms with Gasteiger partial charge in [0, 0.05) is 6.04 Å². The van der Waals surface area contributed by atoms with Crippen LogP contribution in [0.25, 0.3) is 0 Å². The van der Waals surface area contributed by atoms with E-state index in [1.165, 1.54) is 5.56 Å². The van der Waals surface area contributed by atoms with Crippen LogP contribution in [0.2, 0.25) is 0 Å². The molecule has 122 valence electrons. The van der Waals surface area contributed by atoms with Gasteiger partial charge < -0.3 is 0 Å². The van der Waals surface area contributed by atoms with E-state index in [1.54, 1.807) is 12.1 Å². The Bertz CT molecular complexity index is 735. The Labute approximate surface area is 138 Å². The van der Waals surface area contributed by atoms with Gasteiger partial charge in [0.25, 0.3) is 0 Å². The Morgan fingerprint density at radius 2 is 1.70 bits per heavy atom. The van der Waals surface area contributed by atoms with Crippen molar-refractivity contribution in [1.82, 2.24) is 4.72 Å². The minimum absolute atomic E-state index is 0.128. The average Bonchev–Trinajstić information content (AvgIpc) is 3.39. The van der Waals surface area contributed by atoms with Crippen molar-refractivity contribution in [2.75, 3.05) is 0 Å². The lowest BCUT2D eigenvalue weighted by Gasteiger charge is -2.19. The normalized spacial score (nSPS) is 16.2.